The van der Waals surface area contributed by atoms with Crippen LogP contribution in [0.25, 0.3) is 0 Å². The molecule has 6 nitrogen and oxygen atoms in total. The molecule has 0 atom stereocenters. The van der Waals surface area contributed by atoms with E-state index in [0.29, 0.717) is 0 Å². The first-order valence-electron chi connectivity index (χ1n) is 1.75. The molecular formula is C2H6N2O4. The molecule has 0 heterocycles. The topological polar surface area (TPSA) is 106 Å². The Kier molecular flexibility index (Phi) is 3.20. The van der Waals surface area contributed by atoms with E-state index in [1.165, 1.54) is 0 Å². The Hall–Kier alpha value is -0.560. The quantitative estimate of drug-likeness (QED) is 0.250. The number of aliphatic hydroxyl groups is 4. The van der Waals surface area contributed by atoms with Crippen molar-refractivity contribution in [1.29, 1.82) is 0 Å². The summed E-state index contributed by atoms with van der Waals surface area (Å²) in [5.41, 5.74) is 0. The SMILES string of the molecule is OC(O)/N=N/C(O)O. The zero-order valence-corrected chi connectivity index (χ0v) is 3.84. The van der Waals surface area contributed by atoms with E-state index >= 15 is 0 Å². The van der Waals surface area contributed by atoms with Gasteiger partial charge in [-0.25, -0.2) is 0 Å². The summed E-state index contributed by atoms with van der Waals surface area (Å²) in [4.78, 5) is 0. The Labute approximate surface area is 44.7 Å². The van der Waals surface area contributed by atoms with E-state index in [0.717, 1.165) is 0 Å². The lowest BCUT2D eigenvalue weighted by atomic mass is 11.1. The second-order valence-corrected chi connectivity index (χ2v) is 0.924. The Balaban J connectivity index is 3.34. The maximum Gasteiger partial charge on any atom is 0.272 e. The molecule has 0 saturated heterocycles. The molecule has 0 saturated carbocycles. The third kappa shape index (κ3) is 5.44. The van der Waals surface area contributed by atoms with Crippen LogP contribution in [0.2, 0.25) is 0 Å². The Morgan fingerprint density at radius 2 is 1.00 bits per heavy atom. The van der Waals surface area contributed by atoms with E-state index in [1.54, 1.807) is 0 Å². The molecule has 0 aliphatic carbocycles. The predicted molar refractivity (Wildman–Crippen MR) is 21.3 cm³/mol. The number of hydrogen-bond acceptors (Lipinski definition) is 6. The summed E-state index contributed by atoms with van der Waals surface area (Å²) in [6.07, 6.45) is -3.95. The van der Waals surface area contributed by atoms with Crippen LogP contribution in [-0.2, 0) is 0 Å². The zero-order valence-electron chi connectivity index (χ0n) is 3.84. The molecule has 0 aromatic carbocycles. The first-order chi connectivity index (χ1) is 3.63. The molecule has 0 aromatic rings. The lowest BCUT2D eigenvalue weighted by Crippen LogP contribution is -2.02. The van der Waals surface area contributed by atoms with Crippen LogP contribution in [0.15, 0.2) is 10.2 Å². The van der Waals surface area contributed by atoms with E-state index in [4.69, 9.17) is 20.4 Å². The van der Waals surface area contributed by atoms with Crippen LogP contribution in [0.5, 0.6) is 0 Å². The number of nitrogens with zero attached hydrogens (tertiary/aromatic N) is 2. The molecule has 0 spiro atoms. The highest BCUT2D eigenvalue weighted by atomic mass is 16.5. The second-order valence-electron chi connectivity index (χ2n) is 0.924. The van der Waals surface area contributed by atoms with Gasteiger partial charge in [0.1, 0.15) is 0 Å². The van der Waals surface area contributed by atoms with E-state index in [1.807, 2.05) is 0 Å². The molecule has 0 aliphatic heterocycles. The van der Waals surface area contributed by atoms with Gasteiger partial charge in [-0.05, 0) is 0 Å². The van der Waals surface area contributed by atoms with E-state index in [-0.39, 0.29) is 0 Å². The smallest absolute Gasteiger partial charge is 0.272 e. The van der Waals surface area contributed by atoms with Gasteiger partial charge in [-0.15, -0.1) is 10.2 Å². The van der Waals surface area contributed by atoms with Crippen molar-refractivity contribution < 1.29 is 20.4 Å². The van der Waals surface area contributed by atoms with Gasteiger partial charge in [0.15, 0.2) is 0 Å². The first-order valence-corrected chi connectivity index (χ1v) is 1.75. The fourth-order valence-corrected chi connectivity index (χ4v) is 0.119. The average Bonchev–Trinajstić information content (AvgIpc) is 1.61. The van der Waals surface area contributed by atoms with Gasteiger partial charge in [-0.2, -0.15) is 0 Å². The Bertz CT molecular complexity index is 70.1. The summed E-state index contributed by atoms with van der Waals surface area (Å²) in [6.45, 7) is 0. The van der Waals surface area contributed by atoms with Crippen molar-refractivity contribution >= 4 is 0 Å². The van der Waals surface area contributed by atoms with Gasteiger partial charge < -0.3 is 20.4 Å². The molecule has 0 rings (SSSR count). The molecule has 0 fully saturated rings. The minimum atomic E-state index is -1.98. The van der Waals surface area contributed by atoms with E-state index < -0.39 is 12.8 Å². The highest BCUT2D eigenvalue weighted by Crippen LogP contribution is 1.82. The number of rotatable bonds is 2. The van der Waals surface area contributed by atoms with Crippen molar-refractivity contribution in [3.05, 3.63) is 0 Å². The third-order valence-electron chi connectivity index (χ3n) is 0.273. The summed E-state index contributed by atoms with van der Waals surface area (Å²) in [5, 5.41) is 36.6. The lowest BCUT2D eigenvalue weighted by molar-refractivity contribution is -0.0681. The molecule has 4 N–H and O–H groups in total. The summed E-state index contributed by atoms with van der Waals surface area (Å²) in [5.74, 6) is 0. The largest absolute Gasteiger partial charge is 0.349 e. The molecule has 0 radical (unpaired) electrons. The number of hydrogen-bond donors (Lipinski definition) is 4. The van der Waals surface area contributed by atoms with Gasteiger partial charge in [-0.3, -0.25) is 0 Å². The van der Waals surface area contributed by atoms with Crippen LogP contribution in [0.4, 0.5) is 0 Å². The van der Waals surface area contributed by atoms with Crippen LogP contribution >= 0.6 is 0 Å². The second kappa shape index (κ2) is 3.44. The van der Waals surface area contributed by atoms with Crippen molar-refractivity contribution in [2.24, 2.45) is 10.2 Å². The van der Waals surface area contributed by atoms with Gasteiger partial charge in [0.2, 0.25) is 0 Å². The predicted octanol–water partition coefficient (Wildman–Crippen LogP) is -2.03. The first kappa shape index (κ1) is 7.44. The van der Waals surface area contributed by atoms with Crippen LogP contribution < -0.4 is 0 Å². The zero-order chi connectivity index (χ0) is 6.57. The molecule has 0 amide bonds. The van der Waals surface area contributed by atoms with Gasteiger partial charge in [-0.1, -0.05) is 0 Å². The molecule has 0 aromatic heterocycles. The average molecular weight is 122 g/mol. The van der Waals surface area contributed by atoms with Crippen molar-refractivity contribution in [3.8, 4) is 0 Å². The molecule has 0 unspecified atom stereocenters. The minimum Gasteiger partial charge on any atom is -0.349 e. The normalized spacial score (nSPS) is 12.2. The van der Waals surface area contributed by atoms with Gasteiger partial charge in [0.05, 0.1) is 0 Å². The molecule has 48 valence electrons. The van der Waals surface area contributed by atoms with Gasteiger partial charge in [0.25, 0.3) is 12.8 Å². The minimum absolute atomic E-state index is 1.98. The number of aliphatic hydroxyl groups excluding tert-OH is 2. The van der Waals surface area contributed by atoms with Gasteiger partial charge in [0, 0.05) is 0 Å². The summed E-state index contributed by atoms with van der Waals surface area (Å²) >= 11 is 0. The molecular weight excluding hydrogens is 116 g/mol. The van der Waals surface area contributed by atoms with Crippen molar-refractivity contribution in [2.45, 2.75) is 12.8 Å². The van der Waals surface area contributed by atoms with Crippen LogP contribution in [-0.4, -0.2) is 33.3 Å². The van der Waals surface area contributed by atoms with E-state index in [2.05, 4.69) is 10.2 Å². The monoisotopic (exact) mass is 122 g/mol. The van der Waals surface area contributed by atoms with E-state index in [9.17, 15) is 0 Å². The summed E-state index contributed by atoms with van der Waals surface area (Å²) in [7, 11) is 0. The van der Waals surface area contributed by atoms with Crippen LogP contribution in [0, 0.1) is 0 Å². The van der Waals surface area contributed by atoms with Crippen molar-refractivity contribution in [1.82, 2.24) is 0 Å². The number of azo groups is 1. The standard InChI is InChI=1S/C2H6N2O4/c5-1(6)3-4-2(7)8/h1-2,5-8H/b4-3+. The highest BCUT2D eigenvalue weighted by molar-refractivity contribution is 4.23. The Morgan fingerprint density at radius 3 is 1.12 bits per heavy atom. The molecule has 6 heteroatoms. The van der Waals surface area contributed by atoms with Crippen LogP contribution in [0.1, 0.15) is 0 Å². The maximum atomic E-state index is 7.87. The lowest BCUT2D eigenvalue weighted by Gasteiger charge is -1.92. The maximum absolute atomic E-state index is 7.87. The summed E-state index contributed by atoms with van der Waals surface area (Å²) in [6, 6.07) is 0. The molecule has 0 aliphatic rings. The fourth-order valence-electron chi connectivity index (χ4n) is 0.119. The Morgan fingerprint density at radius 1 is 0.750 bits per heavy atom. The highest BCUT2D eigenvalue weighted by Gasteiger charge is 1.91. The summed E-state index contributed by atoms with van der Waals surface area (Å²) < 4.78 is 0. The van der Waals surface area contributed by atoms with Gasteiger partial charge >= 0.3 is 0 Å². The van der Waals surface area contributed by atoms with Crippen molar-refractivity contribution in [2.75, 3.05) is 0 Å². The fraction of sp³-hybridized carbons (Fsp3) is 1.00. The van der Waals surface area contributed by atoms with Crippen molar-refractivity contribution in [3.63, 3.8) is 0 Å². The molecule has 0 bridgehead atoms. The van der Waals surface area contributed by atoms with Crippen LogP contribution in [0.3, 0.4) is 0 Å². The molecule has 8 heavy (non-hydrogen) atoms. The third-order valence-corrected chi connectivity index (χ3v) is 0.273.